The predicted octanol–water partition coefficient (Wildman–Crippen LogP) is 3.20. The molecule has 20 heavy (non-hydrogen) atoms. The third kappa shape index (κ3) is 2.95. The van der Waals surface area contributed by atoms with Crippen molar-refractivity contribution < 1.29 is 9.32 Å². The number of Topliss-reactive ketones (excluding diaryl/α,β-unsaturated/α-hetero) is 1. The maximum atomic E-state index is 12.1. The standard InChI is InChI=1S/C14H14BrN3O2/c15-11-5-10(7-16-8-11)14-17-13(20-18-14)6-12(19)9-3-1-2-4-9/h5,7-9H,1-4,6H2. The van der Waals surface area contributed by atoms with Crippen LogP contribution >= 0.6 is 15.9 Å². The van der Waals surface area contributed by atoms with E-state index in [-0.39, 0.29) is 18.1 Å². The van der Waals surface area contributed by atoms with Gasteiger partial charge in [0.2, 0.25) is 11.7 Å². The number of hydrogen-bond donors (Lipinski definition) is 0. The highest BCUT2D eigenvalue weighted by atomic mass is 79.9. The molecule has 0 radical (unpaired) electrons. The van der Waals surface area contributed by atoms with Crippen molar-refractivity contribution in [3.63, 3.8) is 0 Å². The summed E-state index contributed by atoms with van der Waals surface area (Å²) in [5.74, 6) is 1.24. The van der Waals surface area contributed by atoms with Gasteiger partial charge in [-0.3, -0.25) is 9.78 Å². The zero-order valence-corrected chi connectivity index (χ0v) is 12.5. The Morgan fingerprint density at radius 3 is 2.90 bits per heavy atom. The minimum absolute atomic E-state index is 0.179. The molecule has 0 spiro atoms. The number of nitrogens with zero attached hydrogens (tertiary/aromatic N) is 3. The number of carbonyl (C=O) groups is 1. The SMILES string of the molecule is O=C(Cc1nc(-c2cncc(Br)c2)no1)C1CCCC1. The summed E-state index contributed by atoms with van der Waals surface area (Å²) in [6.07, 6.45) is 7.88. The fourth-order valence-electron chi connectivity index (χ4n) is 2.52. The van der Waals surface area contributed by atoms with Crippen LogP contribution in [0.4, 0.5) is 0 Å². The lowest BCUT2D eigenvalue weighted by molar-refractivity contribution is -0.122. The topological polar surface area (TPSA) is 68.9 Å². The Labute approximate surface area is 124 Å². The third-order valence-electron chi connectivity index (χ3n) is 3.57. The van der Waals surface area contributed by atoms with Gasteiger partial charge in [0.25, 0.3) is 0 Å². The van der Waals surface area contributed by atoms with Gasteiger partial charge in [0.1, 0.15) is 5.78 Å². The highest BCUT2D eigenvalue weighted by molar-refractivity contribution is 9.10. The van der Waals surface area contributed by atoms with Crippen molar-refractivity contribution in [2.24, 2.45) is 5.92 Å². The van der Waals surface area contributed by atoms with Gasteiger partial charge in [0, 0.05) is 28.3 Å². The molecule has 0 N–H and O–H groups in total. The Bertz CT molecular complexity index is 620. The second-order valence-electron chi connectivity index (χ2n) is 5.03. The molecule has 0 saturated heterocycles. The molecule has 0 atom stereocenters. The maximum Gasteiger partial charge on any atom is 0.234 e. The van der Waals surface area contributed by atoms with Crippen molar-refractivity contribution in [2.75, 3.05) is 0 Å². The van der Waals surface area contributed by atoms with E-state index in [0.29, 0.717) is 11.7 Å². The van der Waals surface area contributed by atoms with E-state index in [9.17, 15) is 4.79 Å². The molecule has 0 bridgehead atoms. The first kappa shape index (κ1) is 13.4. The van der Waals surface area contributed by atoms with E-state index in [1.807, 2.05) is 6.07 Å². The van der Waals surface area contributed by atoms with Crippen molar-refractivity contribution in [2.45, 2.75) is 32.1 Å². The number of aromatic nitrogens is 3. The summed E-state index contributed by atoms with van der Waals surface area (Å²) < 4.78 is 6.01. The van der Waals surface area contributed by atoms with Gasteiger partial charge in [-0.25, -0.2) is 0 Å². The van der Waals surface area contributed by atoms with Crippen LogP contribution in [0.5, 0.6) is 0 Å². The molecule has 1 aliphatic carbocycles. The van der Waals surface area contributed by atoms with Crippen LogP contribution < -0.4 is 0 Å². The zero-order chi connectivity index (χ0) is 13.9. The number of hydrogen-bond acceptors (Lipinski definition) is 5. The van der Waals surface area contributed by atoms with E-state index in [4.69, 9.17) is 4.52 Å². The van der Waals surface area contributed by atoms with Crippen LogP contribution in [-0.2, 0) is 11.2 Å². The van der Waals surface area contributed by atoms with E-state index in [1.165, 1.54) is 0 Å². The molecule has 0 aromatic carbocycles. The summed E-state index contributed by atoms with van der Waals surface area (Å²) in [7, 11) is 0. The van der Waals surface area contributed by atoms with E-state index in [1.54, 1.807) is 12.4 Å². The highest BCUT2D eigenvalue weighted by Crippen LogP contribution is 2.26. The van der Waals surface area contributed by atoms with Crippen molar-refractivity contribution in [3.05, 3.63) is 28.8 Å². The molecule has 0 unspecified atom stereocenters. The average molecular weight is 336 g/mol. The summed E-state index contributed by atoms with van der Waals surface area (Å²) in [5.41, 5.74) is 0.766. The summed E-state index contributed by atoms with van der Waals surface area (Å²) in [6.45, 7) is 0. The van der Waals surface area contributed by atoms with E-state index in [0.717, 1.165) is 35.7 Å². The van der Waals surface area contributed by atoms with E-state index >= 15 is 0 Å². The summed E-state index contributed by atoms with van der Waals surface area (Å²) in [6, 6.07) is 1.86. The largest absolute Gasteiger partial charge is 0.338 e. The van der Waals surface area contributed by atoms with Crippen LogP contribution in [-0.4, -0.2) is 20.9 Å². The smallest absolute Gasteiger partial charge is 0.234 e. The molecule has 2 heterocycles. The minimum atomic E-state index is 0.179. The first-order chi connectivity index (χ1) is 9.72. The van der Waals surface area contributed by atoms with Gasteiger partial charge in [-0.05, 0) is 34.8 Å². The molecule has 3 rings (SSSR count). The number of carbonyl (C=O) groups excluding carboxylic acids is 1. The fraction of sp³-hybridized carbons (Fsp3) is 0.429. The van der Waals surface area contributed by atoms with Crippen LogP contribution in [0.1, 0.15) is 31.6 Å². The first-order valence-electron chi connectivity index (χ1n) is 6.68. The Morgan fingerprint density at radius 2 is 2.15 bits per heavy atom. The molecule has 0 aliphatic heterocycles. The summed E-state index contributed by atoms with van der Waals surface area (Å²) >= 11 is 3.35. The summed E-state index contributed by atoms with van der Waals surface area (Å²) in [4.78, 5) is 20.4. The normalized spacial score (nSPS) is 15.7. The van der Waals surface area contributed by atoms with Crippen molar-refractivity contribution in [1.82, 2.24) is 15.1 Å². The van der Waals surface area contributed by atoms with Crippen molar-refractivity contribution >= 4 is 21.7 Å². The average Bonchev–Trinajstić information content (AvgIpc) is 3.10. The minimum Gasteiger partial charge on any atom is -0.338 e. The molecule has 1 aliphatic rings. The molecule has 2 aromatic heterocycles. The Kier molecular flexibility index (Phi) is 3.91. The van der Waals surface area contributed by atoms with Crippen molar-refractivity contribution in [1.29, 1.82) is 0 Å². The number of pyridine rings is 1. The quantitative estimate of drug-likeness (QED) is 0.858. The maximum absolute atomic E-state index is 12.1. The molecule has 6 heteroatoms. The lowest BCUT2D eigenvalue weighted by Gasteiger charge is -2.04. The molecular formula is C14H14BrN3O2. The van der Waals surface area contributed by atoms with Crippen LogP contribution in [0.3, 0.4) is 0 Å². The monoisotopic (exact) mass is 335 g/mol. The molecule has 2 aromatic rings. The highest BCUT2D eigenvalue weighted by Gasteiger charge is 2.24. The van der Waals surface area contributed by atoms with Gasteiger partial charge in [-0.15, -0.1) is 0 Å². The van der Waals surface area contributed by atoms with Gasteiger partial charge >= 0.3 is 0 Å². The fourth-order valence-corrected chi connectivity index (χ4v) is 2.88. The van der Waals surface area contributed by atoms with Crippen LogP contribution in [0.25, 0.3) is 11.4 Å². The molecule has 0 amide bonds. The third-order valence-corrected chi connectivity index (χ3v) is 4.00. The lowest BCUT2D eigenvalue weighted by atomic mass is 10.0. The van der Waals surface area contributed by atoms with E-state index in [2.05, 4.69) is 31.1 Å². The Balaban J connectivity index is 1.72. The first-order valence-corrected chi connectivity index (χ1v) is 7.48. The van der Waals surface area contributed by atoms with Gasteiger partial charge in [-0.1, -0.05) is 18.0 Å². The Hall–Kier alpha value is -1.56. The number of ketones is 1. The van der Waals surface area contributed by atoms with Crippen LogP contribution in [0.2, 0.25) is 0 Å². The number of halogens is 1. The van der Waals surface area contributed by atoms with Crippen LogP contribution in [0, 0.1) is 5.92 Å². The lowest BCUT2D eigenvalue weighted by Crippen LogP contribution is -2.13. The van der Waals surface area contributed by atoms with Gasteiger partial charge < -0.3 is 4.52 Å². The number of rotatable bonds is 4. The zero-order valence-electron chi connectivity index (χ0n) is 10.9. The molecule has 5 nitrogen and oxygen atoms in total. The van der Waals surface area contributed by atoms with Crippen molar-refractivity contribution in [3.8, 4) is 11.4 Å². The molecule has 1 fully saturated rings. The van der Waals surface area contributed by atoms with Gasteiger partial charge in [0.05, 0.1) is 6.42 Å². The molecule has 104 valence electrons. The van der Waals surface area contributed by atoms with Gasteiger partial charge in [0.15, 0.2) is 0 Å². The second-order valence-corrected chi connectivity index (χ2v) is 5.94. The predicted molar refractivity (Wildman–Crippen MR) is 75.9 cm³/mol. The molecular weight excluding hydrogens is 322 g/mol. The van der Waals surface area contributed by atoms with Gasteiger partial charge in [-0.2, -0.15) is 4.98 Å². The summed E-state index contributed by atoms with van der Waals surface area (Å²) in [5, 5.41) is 3.91. The Morgan fingerprint density at radius 1 is 1.35 bits per heavy atom. The second kappa shape index (κ2) is 5.83. The van der Waals surface area contributed by atoms with Crippen LogP contribution in [0.15, 0.2) is 27.5 Å². The molecule has 1 saturated carbocycles. The van der Waals surface area contributed by atoms with E-state index < -0.39 is 0 Å².